The highest BCUT2D eigenvalue weighted by molar-refractivity contribution is 5.95. The maximum absolute atomic E-state index is 12.2. The van der Waals surface area contributed by atoms with Gasteiger partial charge in [0.2, 0.25) is 0 Å². The van der Waals surface area contributed by atoms with Crippen LogP contribution in [0.25, 0.3) is 0 Å². The highest BCUT2D eigenvalue weighted by atomic mass is 16.7. The summed E-state index contributed by atoms with van der Waals surface area (Å²) in [7, 11) is 0. The molecule has 0 N–H and O–H groups in total. The lowest BCUT2D eigenvalue weighted by molar-refractivity contribution is -0.0922. The van der Waals surface area contributed by atoms with Crippen LogP contribution < -0.4 is 0 Å². The molecule has 3 rings (SSSR count). The summed E-state index contributed by atoms with van der Waals surface area (Å²) >= 11 is 0. The van der Waals surface area contributed by atoms with Crippen LogP contribution in [0.5, 0.6) is 0 Å². The molecule has 148 valence electrons. The van der Waals surface area contributed by atoms with E-state index in [4.69, 9.17) is 9.47 Å². The average molecular weight is 371 g/mol. The lowest BCUT2D eigenvalue weighted by Crippen LogP contribution is -2.21. The van der Waals surface area contributed by atoms with Crippen LogP contribution >= 0.6 is 0 Å². The van der Waals surface area contributed by atoms with Crippen LogP contribution in [0, 0.1) is 11.8 Å². The molecular formula is C24H34O3. The number of ether oxygens (including phenoxy) is 2. The van der Waals surface area contributed by atoms with Crippen molar-refractivity contribution in [2.75, 3.05) is 6.61 Å². The molecule has 0 bridgehead atoms. The number of rotatable bonds is 8. The van der Waals surface area contributed by atoms with E-state index in [-0.39, 0.29) is 18.2 Å². The smallest absolute Gasteiger partial charge is 0.162 e. The maximum Gasteiger partial charge on any atom is 0.162 e. The van der Waals surface area contributed by atoms with E-state index in [1.807, 2.05) is 30.3 Å². The molecule has 1 aromatic carbocycles. The number of hydrogen-bond acceptors (Lipinski definition) is 3. The average Bonchev–Trinajstić information content (AvgIpc) is 3.17. The van der Waals surface area contributed by atoms with Gasteiger partial charge in [0.15, 0.2) is 12.1 Å². The Labute approximate surface area is 164 Å². The Morgan fingerprint density at radius 1 is 1.19 bits per heavy atom. The summed E-state index contributed by atoms with van der Waals surface area (Å²) in [6, 6.07) is 9.50. The van der Waals surface area contributed by atoms with E-state index in [0.29, 0.717) is 18.9 Å². The topological polar surface area (TPSA) is 35.5 Å². The second-order valence-electron chi connectivity index (χ2n) is 8.38. The van der Waals surface area contributed by atoms with Gasteiger partial charge in [0.05, 0.1) is 12.7 Å². The predicted octanol–water partition coefficient (Wildman–Crippen LogP) is 5.94. The molecule has 3 atom stereocenters. The molecule has 1 aliphatic carbocycles. The molecule has 3 nitrogen and oxygen atoms in total. The van der Waals surface area contributed by atoms with Gasteiger partial charge >= 0.3 is 0 Å². The zero-order chi connectivity index (χ0) is 19.1. The summed E-state index contributed by atoms with van der Waals surface area (Å²) in [5, 5.41) is 0. The molecule has 2 fully saturated rings. The third kappa shape index (κ3) is 6.29. The molecule has 1 aliphatic heterocycles. The fraction of sp³-hybridized carbons (Fsp3) is 0.625. The Morgan fingerprint density at radius 3 is 2.67 bits per heavy atom. The van der Waals surface area contributed by atoms with Gasteiger partial charge in [-0.15, -0.1) is 0 Å². The van der Waals surface area contributed by atoms with Gasteiger partial charge in [0, 0.05) is 17.9 Å². The summed E-state index contributed by atoms with van der Waals surface area (Å²) in [6.07, 6.45) is 11.5. The Morgan fingerprint density at radius 2 is 1.93 bits per heavy atom. The van der Waals surface area contributed by atoms with Gasteiger partial charge in [0.25, 0.3) is 0 Å². The third-order valence-electron chi connectivity index (χ3n) is 5.84. The number of hydrogen-bond donors (Lipinski definition) is 0. The van der Waals surface area contributed by atoms with Crippen LogP contribution in [-0.4, -0.2) is 24.8 Å². The van der Waals surface area contributed by atoms with Crippen molar-refractivity contribution in [2.45, 2.75) is 77.6 Å². The molecule has 1 saturated heterocycles. The fourth-order valence-electron chi connectivity index (χ4n) is 4.36. The molecule has 2 aliphatic rings. The lowest BCUT2D eigenvalue weighted by atomic mass is 9.87. The standard InChI is InChI=1S/C24H34O3/c1-18(16-20-9-5-3-6-10-20)15-19(2)24-26-17-22(27-24)13-14-23(25)21-11-7-4-8-12-21/h4,7-8,11-12,16,19-20,22,24H,3,5-6,9-10,13-15,17H2,1-2H3. The molecule has 0 aromatic heterocycles. The van der Waals surface area contributed by atoms with Crippen molar-refractivity contribution in [1.82, 2.24) is 0 Å². The lowest BCUT2D eigenvalue weighted by Gasteiger charge is -2.22. The van der Waals surface area contributed by atoms with E-state index >= 15 is 0 Å². The molecule has 1 heterocycles. The molecular weight excluding hydrogens is 336 g/mol. The number of carbonyl (C=O) groups excluding carboxylic acids is 1. The minimum atomic E-state index is -0.142. The normalized spacial score (nSPS) is 25.5. The zero-order valence-corrected chi connectivity index (χ0v) is 16.9. The first kappa shape index (κ1) is 20.3. The van der Waals surface area contributed by atoms with E-state index in [1.165, 1.54) is 37.7 Å². The maximum atomic E-state index is 12.2. The number of Topliss-reactive ketones (excluding diaryl/α,β-unsaturated/α-hetero) is 1. The van der Waals surface area contributed by atoms with Gasteiger partial charge in [-0.3, -0.25) is 4.79 Å². The van der Waals surface area contributed by atoms with Gasteiger partial charge in [0.1, 0.15) is 0 Å². The van der Waals surface area contributed by atoms with Crippen molar-refractivity contribution in [3.8, 4) is 0 Å². The van der Waals surface area contributed by atoms with E-state index in [0.717, 1.165) is 24.3 Å². The Bertz CT molecular complexity index is 616. The summed E-state index contributed by atoms with van der Waals surface area (Å²) < 4.78 is 12.0. The summed E-state index contributed by atoms with van der Waals surface area (Å²) in [6.45, 7) is 5.05. The van der Waals surface area contributed by atoms with Gasteiger partial charge in [-0.25, -0.2) is 0 Å². The second-order valence-corrected chi connectivity index (χ2v) is 8.38. The number of carbonyl (C=O) groups is 1. The molecule has 3 unspecified atom stereocenters. The van der Waals surface area contributed by atoms with Gasteiger partial charge in [-0.2, -0.15) is 0 Å². The van der Waals surface area contributed by atoms with E-state index < -0.39 is 0 Å². The molecule has 0 amide bonds. The van der Waals surface area contributed by atoms with Crippen molar-refractivity contribution in [2.24, 2.45) is 11.8 Å². The Kier molecular flexibility index (Phi) is 7.66. The van der Waals surface area contributed by atoms with Gasteiger partial charge < -0.3 is 9.47 Å². The van der Waals surface area contributed by atoms with Crippen LogP contribution in [0.4, 0.5) is 0 Å². The first-order valence-electron chi connectivity index (χ1n) is 10.6. The van der Waals surface area contributed by atoms with Crippen LogP contribution in [0.1, 0.15) is 75.6 Å². The zero-order valence-electron chi connectivity index (χ0n) is 16.9. The minimum Gasteiger partial charge on any atom is -0.350 e. The largest absolute Gasteiger partial charge is 0.350 e. The van der Waals surface area contributed by atoms with Gasteiger partial charge in [-0.05, 0) is 38.5 Å². The van der Waals surface area contributed by atoms with Crippen molar-refractivity contribution in [3.05, 3.63) is 47.5 Å². The quantitative estimate of drug-likeness (QED) is 0.419. The van der Waals surface area contributed by atoms with Crippen molar-refractivity contribution in [1.29, 1.82) is 0 Å². The molecule has 1 saturated carbocycles. The second kappa shape index (κ2) is 10.2. The Balaban J connectivity index is 1.40. The summed E-state index contributed by atoms with van der Waals surface area (Å²) in [5.41, 5.74) is 2.24. The van der Waals surface area contributed by atoms with E-state index in [2.05, 4.69) is 19.9 Å². The molecule has 27 heavy (non-hydrogen) atoms. The van der Waals surface area contributed by atoms with Crippen LogP contribution in [0.2, 0.25) is 0 Å². The SMILES string of the molecule is CC(=CC1CCCCC1)CC(C)C1OCC(CCC(=O)c2ccccc2)O1. The van der Waals surface area contributed by atoms with Crippen LogP contribution in [0.15, 0.2) is 42.0 Å². The predicted molar refractivity (Wildman–Crippen MR) is 109 cm³/mol. The van der Waals surface area contributed by atoms with Crippen molar-refractivity contribution in [3.63, 3.8) is 0 Å². The summed E-state index contributed by atoms with van der Waals surface area (Å²) in [4.78, 5) is 12.2. The first-order valence-corrected chi connectivity index (χ1v) is 10.6. The highest BCUT2D eigenvalue weighted by Crippen LogP contribution is 2.29. The third-order valence-corrected chi connectivity index (χ3v) is 5.84. The highest BCUT2D eigenvalue weighted by Gasteiger charge is 2.30. The van der Waals surface area contributed by atoms with Crippen molar-refractivity contribution < 1.29 is 14.3 Å². The Hall–Kier alpha value is -1.45. The van der Waals surface area contributed by atoms with Crippen LogP contribution in [-0.2, 0) is 9.47 Å². The minimum absolute atomic E-state index is 0.0349. The van der Waals surface area contributed by atoms with E-state index in [1.54, 1.807) is 0 Å². The van der Waals surface area contributed by atoms with Crippen molar-refractivity contribution >= 4 is 5.78 Å². The molecule has 0 spiro atoms. The van der Waals surface area contributed by atoms with Gasteiger partial charge in [-0.1, -0.05) is 68.2 Å². The number of allylic oxidation sites excluding steroid dienone is 2. The fourth-order valence-corrected chi connectivity index (χ4v) is 4.36. The first-order chi connectivity index (χ1) is 13.1. The van der Waals surface area contributed by atoms with E-state index in [9.17, 15) is 4.79 Å². The molecule has 3 heteroatoms. The number of ketones is 1. The number of benzene rings is 1. The summed E-state index contributed by atoms with van der Waals surface area (Å²) in [5.74, 6) is 1.30. The van der Waals surface area contributed by atoms with Crippen LogP contribution in [0.3, 0.4) is 0 Å². The molecule has 1 aromatic rings. The molecule has 0 radical (unpaired) electrons. The monoisotopic (exact) mass is 370 g/mol.